The number of benzene rings is 2. The normalized spacial score (nSPS) is 13.4. The molecular formula is C22H17F3N2O4. The van der Waals surface area contributed by atoms with Gasteiger partial charge in [0.25, 0.3) is 0 Å². The number of nitrogens with zero attached hydrogens (tertiary/aromatic N) is 2. The van der Waals surface area contributed by atoms with Gasteiger partial charge in [-0.05, 0) is 42.0 Å². The summed E-state index contributed by atoms with van der Waals surface area (Å²) in [6, 6.07) is 14.5. The average molecular weight is 430 g/mol. The molecule has 6 nitrogen and oxygen atoms in total. The summed E-state index contributed by atoms with van der Waals surface area (Å²) in [4.78, 5) is 18.1. The Bertz CT molecular complexity index is 1100. The number of ether oxygens (including phenoxy) is 3. The van der Waals surface area contributed by atoms with Gasteiger partial charge in [-0.15, -0.1) is 13.2 Å². The number of rotatable bonds is 5. The number of aromatic nitrogens is 1. The molecule has 160 valence electrons. The van der Waals surface area contributed by atoms with Crippen LogP contribution in [0.1, 0.15) is 11.3 Å². The Hall–Kier alpha value is -3.75. The predicted octanol–water partition coefficient (Wildman–Crippen LogP) is 5.17. The summed E-state index contributed by atoms with van der Waals surface area (Å²) in [5.41, 5.74) is 2.75. The number of fused-ring (bicyclic) bond motifs is 1. The molecule has 31 heavy (non-hydrogen) atoms. The van der Waals surface area contributed by atoms with Crippen molar-refractivity contribution in [2.75, 3.05) is 7.11 Å². The smallest absolute Gasteiger partial charge is 0.496 e. The fraction of sp³-hybridized carbons (Fsp3) is 0.182. The van der Waals surface area contributed by atoms with Gasteiger partial charge < -0.3 is 14.2 Å². The first-order chi connectivity index (χ1) is 14.8. The van der Waals surface area contributed by atoms with Crippen molar-refractivity contribution in [1.82, 2.24) is 9.88 Å². The third kappa shape index (κ3) is 4.71. The number of amides is 1. The molecule has 3 aromatic rings. The summed E-state index contributed by atoms with van der Waals surface area (Å²) in [5.74, 6) is 0.281. The highest BCUT2D eigenvalue weighted by Crippen LogP contribution is 2.38. The van der Waals surface area contributed by atoms with E-state index < -0.39 is 12.5 Å². The van der Waals surface area contributed by atoms with Crippen molar-refractivity contribution in [2.45, 2.75) is 19.5 Å². The second kappa shape index (κ2) is 8.17. The van der Waals surface area contributed by atoms with Gasteiger partial charge in [0.05, 0.1) is 25.9 Å². The molecule has 0 saturated carbocycles. The van der Waals surface area contributed by atoms with E-state index in [1.807, 2.05) is 18.2 Å². The van der Waals surface area contributed by atoms with E-state index >= 15 is 0 Å². The van der Waals surface area contributed by atoms with E-state index in [-0.39, 0.29) is 18.0 Å². The molecule has 1 aromatic heterocycles. The number of alkyl halides is 3. The molecule has 0 atom stereocenters. The van der Waals surface area contributed by atoms with Gasteiger partial charge >= 0.3 is 12.5 Å². The Morgan fingerprint density at radius 3 is 2.68 bits per heavy atom. The molecule has 1 aliphatic rings. The van der Waals surface area contributed by atoms with Gasteiger partial charge in [-0.1, -0.05) is 12.1 Å². The Labute approximate surface area is 175 Å². The van der Waals surface area contributed by atoms with Crippen LogP contribution in [-0.4, -0.2) is 29.4 Å². The SMILES string of the molecule is COc1cc(OC(F)(F)F)ccc1-c1ccc2c(c1)CN(Cc1ccccn1)C(=O)O2. The molecule has 0 saturated heterocycles. The molecule has 1 aliphatic heterocycles. The Kier molecular flexibility index (Phi) is 5.41. The van der Waals surface area contributed by atoms with Gasteiger partial charge in [-0.25, -0.2) is 4.79 Å². The van der Waals surface area contributed by atoms with Gasteiger partial charge in [-0.2, -0.15) is 0 Å². The van der Waals surface area contributed by atoms with Gasteiger partial charge in [0, 0.05) is 23.4 Å². The molecule has 0 fully saturated rings. The molecule has 0 radical (unpaired) electrons. The number of halogens is 3. The maximum absolute atomic E-state index is 12.5. The van der Waals surface area contributed by atoms with Crippen molar-refractivity contribution in [3.05, 3.63) is 72.1 Å². The first kappa shape index (κ1) is 20.5. The summed E-state index contributed by atoms with van der Waals surface area (Å²) in [7, 11) is 1.37. The molecule has 0 N–H and O–H groups in total. The zero-order valence-electron chi connectivity index (χ0n) is 16.3. The molecule has 2 aromatic carbocycles. The number of hydrogen-bond donors (Lipinski definition) is 0. The van der Waals surface area contributed by atoms with Gasteiger partial charge in [0.1, 0.15) is 17.2 Å². The second-order valence-electron chi connectivity index (χ2n) is 6.78. The Balaban J connectivity index is 1.61. The lowest BCUT2D eigenvalue weighted by molar-refractivity contribution is -0.274. The monoisotopic (exact) mass is 430 g/mol. The summed E-state index contributed by atoms with van der Waals surface area (Å²) < 4.78 is 52.1. The lowest BCUT2D eigenvalue weighted by atomic mass is 10.0. The molecule has 0 unspecified atom stereocenters. The zero-order chi connectivity index (χ0) is 22.0. The maximum Gasteiger partial charge on any atom is 0.573 e. The van der Waals surface area contributed by atoms with E-state index in [4.69, 9.17) is 9.47 Å². The van der Waals surface area contributed by atoms with Crippen LogP contribution in [0.5, 0.6) is 17.2 Å². The van der Waals surface area contributed by atoms with Crippen LogP contribution < -0.4 is 14.2 Å². The van der Waals surface area contributed by atoms with Crippen LogP contribution in [0.2, 0.25) is 0 Å². The molecule has 2 heterocycles. The minimum absolute atomic E-state index is 0.222. The molecule has 1 amide bonds. The molecule has 9 heteroatoms. The van der Waals surface area contributed by atoms with Gasteiger partial charge in [-0.3, -0.25) is 9.88 Å². The standard InChI is InChI=1S/C22H17F3N2O4/c1-29-20-11-17(31-22(23,24)25)6-7-18(20)14-5-8-19-15(10-14)12-27(21(28)30-19)13-16-4-2-3-9-26-16/h2-11H,12-13H2,1H3. The zero-order valence-corrected chi connectivity index (χ0v) is 16.3. The van der Waals surface area contributed by atoms with E-state index in [9.17, 15) is 18.0 Å². The summed E-state index contributed by atoms with van der Waals surface area (Å²) in [6.45, 7) is 0.590. The van der Waals surface area contributed by atoms with Gasteiger partial charge in [0.15, 0.2) is 0 Å². The first-order valence-electron chi connectivity index (χ1n) is 9.26. The van der Waals surface area contributed by atoms with Crippen LogP contribution in [0.4, 0.5) is 18.0 Å². The van der Waals surface area contributed by atoms with Crippen molar-refractivity contribution >= 4 is 6.09 Å². The highest BCUT2D eigenvalue weighted by atomic mass is 19.4. The third-order valence-corrected chi connectivity index (χ3v) is 4.67. The van der Waals surface area contributed by atoms with E-state index in [1.54, 1.807) is 24.4 Å². The van der Waals surface area contributed by atoms with E-state index in [2.05, 4.69) is 9.72 Å². The molecule has 0 spiro atoms. The van der Waals surface area contributed by atoms with Crippen LogP contribution in [-0.2, 0) is 13.1 Å². The van der Waals surface area contributed by atoms with E-state index in [0.29, 0.717) is 23.4 Å². The van der Waals surface area contributed by atoms with Crippen LogP contribution in [0.15, 0.2) is 60.8 Å². The summed E-state index contributed by atoms with van der Waals surface area (Å²) >= 11 is 0. The van der Waals surface area contributed by atoms with Crippen LogP contribution in [0, 0.1) is 0 Å². The number of hydrogen-bond acceptors (Lipinski definition) is 5. The maximum atomic E-state index is 12.5. The van der Waals surface area contributed by atoms with Crippen LogP contribution >= 0.6 is 0 Å². The van der Waals surface area contributed by atoms with Gasteiger partial charge in [0.2, 0.25) is 0 Å². The fourth-order valence-electron chi connectivity index (χ4n) is 3.31. The number of pyridine rings is 1. The summed E-state index contributed by atoms with van der Waals surface area (Å²) in [6.07, 6.45) is -3.62. The third-order valence-electron chi connectivity index (χ3n) is 4.67. The fourth-order valence-corrected chi connectivity index (χ4v) is 3.31. The van der Waals surface area contributed by atoms with Crippen LogP contribution in [0.25, 0.3) is 11.1 Å². The lowest BCUT2D eigenvalue weighted by Gasteiger charge is -2.28. The highest BCUT2D eigenvalue weighted by Gasteiger charge is 2.31. The lowest BCUT2D eigenvalue weighted by Crippen LogP contribution is -2.36. The topological polar surface area (TPSA) is 60.9 Å². The number of carbonyl (C=O) groups excluding carboxylic acids is 1. The predicted molar refractivity (Wildman–Crippen MR) is 105 cm³/mol. The van der Waals surface area contributed by atoms with Crippen molar-refractivity contribution in [1.29, 1.82) is 0 Å². The van der Waals surface area contributed by atoms with Crippen molar-refractivity contribution in [3.8, 4) is 28.4 Å². The first-order valence-corrected chi connectivity index (χ1v) is 9.26. The largest absolute Gasteiger partial charge is 0.573 e. The Morgan fingerprint density at radius 1 is 1.13 bits per heavy atom. The van der Waals surface area contributed by atoms with E-state index in [1.165, 1.54) is 30.2 Å². The van der Waals surface area contributed by atoms with Crippen LogP contribution in [0.3, 0.4) is 0 Å². The summed E-state index contributed by atoms with van der Waals surface area (Å²) in [5, 5.41) is 0. The molecular weight excluding hydrogens is 413 g/mol. The second-order valence-corrected chi connectivity index (χ2v) is 6.78. The Morgan fingerprint density at radius 2 is 1.97 bits per heavy atom. The quantitative estimate of drug-likeness (QED) is 0.559. The minimum Gasteiger partial charge on any atom is -0.496 e. The van der Waals surface area contributed by atoms with Crippen molar-refractivity contribution in [2.24, 2.45) is 0 Å². The van der Waals surface area contributed by atoms with Crippen molar-refractivity contribution < 1.29 is 32.2 Å². The number of methoxy groups -OCH3 is 1. The molecule has 0 bridgehead atoms. The average Bonchev–Trinajstić information content (AvgIpc) is 2.73. The molecule has 0 aliphatic carbocycles. The number of carbonyl (C=O) groups is 1. The van der Waals surface area contributed by atoms with Crippen molar-refractivity contribution in [3.63, 3.8) is 0 Å². The highest BCUT2D eigenvalue weighted by molar-refractivity contribution is 5.77. The minimum atomic E-state index is -4.79. The van der Waals surface area contributed by atoms with E-state index in [0.717, 1.165) is 11.3 Å². The molecule has 4 rings (SSSR count).